The average molecular weight is 441 g/mol. The molecule has 1 unspecified atom stereocenters. The predicted octanol–water partition coefficient (Wildman–Crippen LogP) is 4.82. The lowest BCUT2D eigenvalue weighted by atomic mass is 9.91. The van der Waals surface area contributed by atoms with Gasteiger partial charge in [-0.2, -0.15) is 8.42 Å². The van der Waals surface area contributed by atoms with Crippen molar-refractivity contribution in [1.29, 1.82) is 0 Å². The van der Waals surface area contributed by atoms with E-state index in [9.17, 15) is 13.2 Å². The van der Waals surface area contributed by atoms with Crippen molar-refractivity contribution in [1.82, 2.24) is 4.90 Å². The van der Waals surface area contributed by atoms with Crippen molar-refractivity contribution in [2.75, 3.05) is 23.7 Å². The number of carbonyl (C=O) groups excluding carboxylic acids is 1. The average Bonchev–Trinajstić information content (AvgIpc) is 2.66. The molecular weight excluding hydrogens is 400 g/mol. The van der Waals surface area contributed by atoms with Crippen molar-refractivity contribution in [3.05, 3.63) is 23.8 Å². The number of anilines is 1. The molecule has 0 saturated heterocycles. The van der Waals surface area contributed by atoms with Crippen molar-refractivity contribution >= 4 is 21.7 Å². The number of amides is 1. The Balaban J connectivity index is 3.38. The van der Waals surface area contributed by atoms with Gasteiger partial charge >= 0.3 is 10.1 Å². The maximum atomic E-state index is 13.0. The van der Waals surface area contributed by atoms with Gasteiger partial charge in [-0.1, -0.05) is 33.8 Å². The molecule has 7 heteroatoms. The predicted molar refractivity (Wildman–Crippen MR) is 124 cm³/mol. The zero-order valence-electron chi connectivity index (χ0n) is 20.0. The standard InChI is InChI=1S/C23H40N2O4S/c1-9-18(5)25(22(26)16-23(6,7)8)17-19-13-14-20(24(10-2)11-3)15-21(19)29-30(27,28)12-4/h13-15,18H,9-12,16-17H2,1-8H3. The van der Waals surface area contributed by atoms with Crippen molar-refractivity contribution in [3.8, 4) is 5.75 Å². The first-order valence-corrected chi connectivity index (χ1v) is 12.5. The first-order chi connectivity index (χ1) is 13.9. The molecule has 0 fully saturated rings. The van der Waals surface area contributed by atoms with Crippen LogP contribution in [-0.2, 0) is 21.5 Å². The van der Waals surface area contributed by atoms with E-state index in [1.54, 1.807) is 13.0 Å². The molecule has 1 amide bonds. The van der Waals surface area contributed by atoms with Crippen LogP contribution >= 0.6 is 0 Å². The zero-order chi connectivity index (χ0) is 23.1. The highest BCUT2D eigenvalue weighted by molar-refractivity contribution is 7.87. The SMILES string of the molecule is CCC(C)N(Cc1ccc(N(CC)CC)cc1OS(=O)(=O)CC)C(=O)CC(C)(C)C. The Morgan fingerprint density at radius 1 is 1.10 bits per heavy atom. The number of rotatable bonds is 11. The van der Waals surface area contributed by atoms with Gasteiger partial charge in [0.25, 0.3) is 0 Å². The summed E-state index contributed by atoms with van der Waals surface area (Å²) in [4.78, 5) is 17.0. The molecule has 1 aromatic rings. The van der Waals surface area contributed by atoms with Crippen LogP contribution in [0.25, 0.3) is 0 Å². The lowest BCUT2D eigenvalue weighted by molar-refractivity contribution is -0.135. The molecule has 1 atom stereocenters. The second-order valence-corrected chi connectivity index (χ2v) is 10.8. The van der Waals surface area contributed by atoms with Crippen LogP contribution in [-0.4, -0.2) is 44.1 Å². The van der Waals surface area contributed by atoms with Gasteiger partial charge in [0, 0.05) is 49.4 Å². The van der Waals surface area contributed by atoms with E-state index in [0.29, 0.717) is 24.3 Å². The summed E-state index contributed by atoms with van der Waals surface area (Å²) < 4.78 is 29.9. The number of hydrogen-bond acceptors (Lipinski definition) is 5. The normalized spacial score (nSPS) is 13.1. The van der Waals surface area contributed by atoms with Crippen LogP contribution < -0.4 is 9.08 Å². The highest BCUT2D eigenvalue weighted by atomic mass is 32.2. The Kier molecular flexibility index (Phi) is 9.66. The first kappa shape index (κ1) is 26.3. The Labute approximate surface area is 183 Å². The van der Waals surface area contributed by atoms with Crippen LogP contribution in [0.4, 0.5) is 5.69 Å². The molecule has 0 radical (unpaired) electrons. The summed E-state index contributed by atoms with van der Waals surface area (Å²) in [6.45, 7) is 17.8. The third kappa shape index (κ3) is 7.82. The maximum Gasteiger partial charge on any atom is 0.308 e. The second kappa shape index (κ2) is 11.0. The Morgan fingerprint density at radius 3 is 2.17 bits per heavy atom. The highest BCUT2D eigenvalue weighted by Crippen LogP contribution is 2.30. The number of benzene rings is 1. The van der Waals surface area contributed by atoms with Gasteiger partial charge in [-0.15, -0.1) is 0 Å². The molecule has 0 aromatic heterocycles. The fraction of sp³-hybridized carbons (Fsp3) is 0.696. The van der Waals surface area contributed by atoms with Crippen LogP contribution in [0.1, 0.15) is 73.8 Å². The molecule has 172 valence electrons. The van der Waals surface area contributed by atoms with Gasteiger partial charge < -0.3 is 14.0 Å². The monoisotopic (exact) mass is 440 g/mol. The molecule has 0 heterocycles. The van der Waals surface area contributed by atoms with E-state index in [1.165, 1.54) is 0 Å². The molecular formula is C23H40N2O4S. The molecule has 0 aliphatic heterocycles. The molecule has 0 bridgehead atoms. The molecule has 0 N–H and O–H groups in total. The van der Waals surface area contributed by atoms with E-state index in [2.05, 4.69) is 18.7 Å². The smallest absolute Gasteiger partial charge is 0.308 e. The van der Waals surface area contributed by atoms with Crippen molar-refractivity contribution < 1.29 is 17.4 Å². The summed E-state index contributed by atoms with van der Waals surface area (Å²) in [5.41, 5.74) is 1.48. The van der Waals surface area contributed by atoms with Crippen LogP contribution in [0.5, 0.6) is 5.75 Å². The Bertz CT molecular complexity index is 796. The van der Waals surface area contributed by atoms with Crippen molar-refractivity contribution in [3.63, 3.8) is 0 Å². The van der Waals surface area contributed by atoms with Crippen LogP contribution in [0.2, 0.25) is 0 Å². The van der Waals surface area contributed by atoms with Crippen molar-refractivity contribution in [2.24, 2.45) is 5.41 Å². The lowest BCUT2D eigenvalue weighted by Crippen LogP contribution is -2.39. The largest absolute Gasteiger partial charge is 0.382 e. The van der Waals surface area contributed by atoms with Gasteiger partial charge in [-0.25, -0.2) is 0 Å². The van der Waals surface area contributed by atoms with Crippen molar-refractivity contribution in [2.45, 2.75) is 80.8 Å². The molecule has 1 rings (SSSR count). The molecule has 30 heavy (non-hydrogen) atoms. The highest BCUT2D eigenvalue weighted by Gasteiger charge is 2.26. The quantitative estimate of drug-likeness (QED) is 0.461. The number of carbonyl (C=O) groups is 1. The molecule has 0 aliphatic rings. The molecule has 0 aliphatic carbocycles. The second-order valence-electron chi connectivity index (χ2n) is 8.91. The van der Waals surface area contributed by atoms with Crippen LogP contribution in [0, 0.1) is 5.41 Å². The summed E-state index contributed by atoms with van der Waals surface area (Å²) in [6, 6.07) is 5.67. The summed E-state index contributed by atoms with van der Waals surface area (Å²) in [5, 5.41) is 0. The Morgan fingerprint density at radius 2 is 1.70 bits per heavy atom. The van der Waals surface area contributed by atoms with Gasteiger partial charge in [-0.05, 0) is 45.6 Å². The van der Waals surface area contributed by atoms with E-state index < -0.39 is 10.1 Å². The van der Waals surface area contributed by atoms with Gasteiger partial charge in [0.2, 0.25) is 5.91 Å². The van der Waals surface area contributed by atoms with E-state index in [1.807, 2.05) is 51.7 Å². The summed E-state index contributed by atoms with van der Waals surface area (Å²) in [7, 11) is -3.68. The van der Waals surface area contributed by atoms with E-state index in [-0.39, 0.29) is 23.1 Å². The van der Waals surface area contributed by atoms with Gasteiger partial charge in [0.05, 0.1) is 5.75 Å². The van der Waals surface area contributed by atoms with Crippen LogP contribution in [0.15, 0.2) is 18.2 Å². The van der Waals surface area contributed by atoms with Gasteiger partial charge in [0.15, 0.2) is 0 Å². The number of hydrogen-bond donors (Lipinski definition) is 0. The zero-order valence-corrected chi connectivity index (χ0v) is 20.8. The van der Waals surface area contributed by atoms with Crippen LogP contribution in [0.3, 0.4) is 0 Å². The van der Waals surface area contributed by atoms with E-state index in [0.717, 1.165) is 25.2 Å². The first-order valence-electron chi connectivity index (χ1n) is 11.0. The maximum absolute atomic E-state index is 13.0. The third-order valence-corrected chi connectivity index (χ3v) is 6.36. The topological polar surface area (TPSA) is 66.9 Å². The van der Waals surface area contributed by atoms with Gasteiger partial charge in [-0.3, -0.25) is 4.79 Å². The lowest BCUT2D eigenvalue weighted by Gasteiger charge is -2.32. The summed E-state index contributed by atoms with van der Waals surface area (Å²) in [5.74, 6) is 0.257. The minimum Gasteiger partial charge on any atom is -0.382 e. The fourth-order valence-corrected chi connectivity index (χ4v) is 3.73. The molecule has 0 saturated carbocycles. The summed E-state index contributed by atoms with van der Waals surface area (Å²) in [6.07, 6.45) is 1.25. The minimum atomic E-state index is -3.68. The third-order valence-electron chi connectivity index (χ3n) is 5.22. The molecule has 6 nitrogen and oxygen atoms in total. The molecule has 1 aromatic carbocycles. The van der Waals surface area contributed by atoms with Gasteiger partial charge in [0.1, 0.15) is 5.75 Å². The minimum absolute atomic E-state index is 0.0398. The van der Waals surface area contributed by atoms with E-state index >= 15 is 0 Å². The number of nitrogens with zero attached hydrogens (tertiary/aromatic N) is 2. The Hall–Kier alpha value is -1.76. The van der Waals surface area contributed by atoms with E-state index in [4.69, 9.17) is 4.18 Å². The fourth-order valence-electron chi connectivity index (χ4n) is 3.18. The molecule has 0 spiro atoms. The summed E-state index contributed by atoms with van der Waals surface area (Å²) >= 11 is 0.